The van der Waals surface area contributed by atoms with Crippen LogP contribution in [0.25, 0.3) is 0 Å². The highest BCUT2D eigenvalue weighted by atomic mass is 16.4. The summed E-state index contributed by atoms with van der Waals surface area (Å²) in [4.78, 5) is 13.7. The molecule has 1 aliphatic rings. The van der Waals surface area contributed by atoms with Gasteiger partial charge in [-0.3, -0.25) is 9.69 Å². The van der Waals surface area contributed by atoms with Crippen LogP contribution >= 0.6 is 0 Å². The van der Waals surface area contributed by atoms with Crippen LogP contribution in [0.1, 0.15) is 57.6 Å². The van der Waals surface area contributed by atoms with Gasteiger partial charge in [0.15, 0.2) is 0 Å². The van der Waals surface area contributed by atoms with Crippen molar-refractivity contribution in [3.05, 3.63) is 35.9 Å². The molecule has 1 fully saturated rings. The van der Waals surface area contributed by atoms with E-state index in [0.29, 0.717) is 12.6 Å². The maximum Gasteiger partial charge on any atom is 0.307 e. The molecule has 0 spiro atoms. The lowest BCUT2D eigenvalue weighted by Gasteiger charge is -2.39. The number of aliphatic carboxylic acids is 1. The smallest absolute Gasteiger partial charge is 0.307 e. The van der Waals surface area contributed by atoms with Crippen LogP contribution in [0, 0.1) is 5.92 Å². The molecule has 0 saturated heterocycles. The number of carboxylic acids is 1. The summed E-state index contributed by atoms with van der Waals surface area (Å²) in [7, 11) is 0. The van der Waals surface area contributed by atoms with Crippen molar-refractivity contribution in [2.75, 3.05) is 6.54 Å². The number of carbonyl (C=O) groups is 1. The molecule has 1 saturated carbocycles. The normalized spacial score (nSPS) is 19.4. The highest BCUT2D eigenvalue weighted by Crippen LogP contribution is 2.30. The Bertz CT molecular complexity index is 440. The van der Waals surface area contributed by atoms with Crippen molar-refractivity contribution in [3.63, 3.8) is 0 Å². The van der Waals surface area contributed by atoms with Gasteiger partial charge in [0.1, 0.15) is 0 Å². The van der Waals surface area contributed by atoms with Crippen LogP contribution in [0.4, 0.5) is 0 Å². The van der Waals surface area contributed by atoms with Crippen LogP contribution < -0.4 is 0 Å². The zero-order valence-corrected chi connectivity index (χ0v) is 13.2. The minimum atomic E-state index is -0.698. The van der Waals surface area contributed by atoms with E-state index in [9.17, 15) is 9.90 Å². The SMILES string of the molecule is CC(CN(C1CCCCC1)C(C)c1ccccc1)C(=O)O. The van der Waals surface area contributed by atoms with Gasteiger partial charge in [-0.2, -0.15) is 0 Å². The Labute approximate surface area is 128 Å². The molecule has 21 heavy (non-hydrogen) atoms. The molecule has 116 valence electrons. The summed E-state index contributed by atoms with van der Waals surface area (Å²) < 4.78 is 0. The van der Waals surface area contributed by atoms with E-state index in [1.54, 1.807) is 0 Å². The second-order valence-corrected chi connectivity index (χ2v) is 6.31. The molecule has 2 unspecified atom stereocenters. The first-order chi connectivity index (χ1) is 10.1. The fraction of sp³-hybridized carbons (Fsp3) is 0.611. The molecular weight excluding hydrogens is 262 g/mol. The molecule has 2 rings (SSSR count). The van der Waals surface area contributed by atoms with E-state index in [1.165, 1.54) is 37.7 Å². The molecule has 0 aromatic heterocycles. The average Bonchev–Trinajstić information content (AvgIpc) is 2.53. The summed E-state index contributed by atoms with van der Waals surface area (Å²) in [6.45, 7) is 4.66. The standard InChI is InChI=1S/C18H27NO2/c1-14(18(20)21)13-19(17-11-7-4-8-12-17)15(2)16-9-5-3-6-10-16/h3,5-6,9-10,14-15,17H,4,7-8,11-13H2,1-2H3,(H,20,21). The van der Waals surface area contributed by atoms with Gasteiger partial charge in [0.05, 0.1) is 5.92 Å². The predicted molar refractivity (Wildman–Crippen MR) is 85.2 cm³/mol. The van der Waals surface area contributed by atoms with Gasteiger partial charge in [-0.1, -0.05) is 56.5 Å². The molecule has 1 aliphatic carbocycles. The lowest BCUT2D eigenvalue weighted by molar-refractivity contribution is -0.142. The van der Waals surface area contributed by atoms with Crippen molar-refractivity contribution in [3.8, 4) is 0 Å². The number of nitrogens with zero attached hydrogens (tertiary/aromatic N) is 1. The molecule has 0 heterocycles. The first-order valence-corrected chi connectivity index (χ1v) is 8.13. The Kier molecular flexibility index (Phi) is 5.80. The number of rotatable bonds is 6. The van der Waals surface area contributed by atoms with E-state index in [2.05, 4.69) is 36.1 Å². The predicted octanol–water partition coefficient (Wildman–Crippen LogP) is 4.10. The van der Waals surface area contributed by atoms with Gasteiger partial charge in [-0.15, -0.1) is 0 Å². The van der Waals surface area contributed by atoms with Crippen LogP contribution in [-0.4, -0.2) is 28.6 Å². The highest BCUT2D eigenvalue weighted by Gasteiger charge is 2.28. The Hall–Kier alpha value is -1.35. The molecule has 0 radical (unpaired) electrons. The Morgan fingerprint density at radius 2 is 1.81 bits per heavy atom. The van der Waals surface area contributed by atoms with Crippen molar-refractivity contribution in [2.24, 2.45) is 5.92 Å². The van der Waals surface area contributed by atoms with Crippen LogP contribution in [0.3, 0.4) is 0 Å². The summed E-state index contributed by atoms with van der Waals surface area (Å²) >= 11 is 0. The maximum absolute atomic E-state index is 11.2. The number of hydrogen-bond acceptors (Lipinski definition) is 2. The lowest BCUT2D eigenvalue weighted by Crippen LogP contribution is -2.42. The van der Waals surface area contributed by atoms with E-state index in [1.807, 2.05) is 13.0 Å². The average molecular weight is 289 g/mol. The van der Waals surface area contributed by atoms with E-state index in [4.69, 9.17) is 0 Å². The number of carboxylic acid groups (broad SMARTS) is 1. The fourth-order valence-electron chi connectivity index (χ4n) is 3.35. The van der Waals surface area contributed by atoms with Gasteiger partial charge in [0, 0.05) is 18.6 Å². The third kappa shape index (κ3) is 4.31. The van der Waals surface area contributed by atoms with E-state index in [-0.39, 0.29) is 12.0 Å². The fourth-order valence-corrected chi connectivity index (χ4v) is 3.35. The molecule has 0 amide bonds. The van der Waals surface area contributed by atoms with Gasteiger partial charge in [-0.05, 0) is 25.3 Å². The molecule has 3 nitrogen and oxygen atoms in total. The zero-order chi connectivity index (χ0) is 15.2. The van der Waals surface area contributed by atoms with E-state index < -0.39 is 5.97 Å². The summed E-state index contributed by atoms with van der Waals surface area (Å²) in [6, 6.07) is 11.2. The molecule has 3 heteroatoms. The molecule has 1 aromatic rings. The van der Waals surface area contributed by atoms with Crippen molar-refractivity contribution >= 4 is 5.97 Å². The second kappa shape index (κ2) is 7.60. The molecule has 1 N–H and O–H groups in total. The monoisotopic (exact) mass is 289 g/mol. The van der Waals surface area contributed by atoms with Gasteiger partial charge < -0.3 is 5.11 Å². The maximum atomic E-state index is 11.2. The number of benzene rings is 1. The van der Waals surface area contributed by atoms with Gasteiger partial charge in [-0.25, -0.2) is 0 Å². The zero-order valence-electron chi connectivity index (χ0n) is 13.2. The summed E-state index contributed by atoms with van der Waals surface area (Å²) in [5.41, 5.74) is 1.28. The molecule has 0 bridgehead atoms. The largest absolute Gasteiger partial charge is 0.481 e. The minimum Gasteiger partial charge on any atom is -0.481 e. The van der Waals surface area contributed by atoms with E-state index in [0.717, 1.165) is 0 Å². The quantitative estimate of drug-likeness (QED) is 0.857. The molecule has 1 aromatic carbocycles. The highest BCUT2D eigenvalue weighted by molar-refractivity contribution is 5.69. The molecule has 2 atom stereocenters. The van der Waals surface area contributed by atoms with Crippen molar-refractivity contribution in [1.29, 1.82) is 0 Å². The van der Waals surface area contributed by atoms with Crippen molar-refractivity contribution in [1.82, 2.24) is 4.90 Å². The summed E-state index contributed by atoms with van der Waals surface area (Å²) in [6.07, 6.45) is 6.25. The van der Waals surface area contributed by atoms with Crippen LogP contribution in [0.2, 0.25) is 0 Å². The topological polar surface area (TPSA) is 40.5 Å². The Morgan fingerprint density at radius 1 is 1.19 bits per heavy atom. The lowest BCUT2D eigenvalue weighted by atomic mass is 9.91. The van der Waals surface area contributed by atoms with Crippen LogP contribution in [0.15, 0.2) is 30.3 Å². The third-order valence-electron chi connectivity index (χ3n) is 4.73. The minimum absolute atomic E-state index is 0.274. The Balaban J connectivity index is 2.15. The Morgan fingerprint density at radius 3 is 2.38 bits per heavy atom. The summed E-state index contributed by atoms with van der Waals surface area (Å²) in [5, 5.41) is 9.25. The first-order valence-electron chi connectivity index (χ1n) is 8.13. The van der Waals surface area contributed by atoms with Gasteiger partial charge >= 0.3 is 5.97 Å². The van der Waals surface area contributed by atoms with Gasteiger partial charge in [0.2, 0.25) is 0 Å². The van der Waals surface area contributed by atoms with Crippen LogP contribution in [0.5, 0.6) is 0 Å². The van der Waals surface area contributed by atoms with Crippen LogP contribution in [-0.2, 0) is 4.79 Å². The molecule has 0 aliphatic heterocycles. The molecular formula is C18H27NO2. The van der Waals surface area contributed by atoms with E-state index >= 15 is 0 Å². The van der Waals surface area contributed by atoms with Gasteiger partial charge in [0.25, 0.3) is 0 Å². The van der Waals surface area contributed by atoms with Crippen molar-refractivity contribution in [2.45, 2.75) is 58.0 Å². The second-order valence-electron chi connectivity index (χ2n) is 6.31. The summed E-state index contributed by atoms with van der Waals surface area (Å²) in [5.74, 6) is -1.02. The van der Waals surface area contributed by atoms with Crippen molar-refractivity contribution < 1.29 is 9.90 Å². The third-order valence-corrected chi connectivity index (χ3v) is 4.73. The first kappa shape index (κ1) is 16.0. The number of hydrogen-bond donors (Lipinski definition) is 1.